The molecule has 9 nitrogen and oxygen atoms in total. The molecular formula is C25H41N5O4. The molecule has 2 aliphatic heterocycles. The second-order valence-corrected chi connectivity index (χ2v) is 9.56. The Hall–Kier alpha value is -2.39. The number of likely N-dealkylation sites (tertiary alicyclic amines) is 1. The number of H-pyrrole nitrogens is 1. The van der Waals surface area contributed by atoms with Crippen molar-refractivity contribution in [2.75, 3.05) is 66.0 Å². The summed E-state index contributed by atoms with van der Waals surface area (Å²) in [6.07, 6.45) is 2.59. The van der Waals surface area contributed by atoms with Crippen LogP contribution in [0.3, 0.4) is 0 Å². The lowest BCUT2D eigenvalue weighted by Crippen LogP contribution is -2.49. The molecule has 0 aliphatic carbocycles. The van der Waals surface area contributed by atoms with Gasteiger partial charge in [0.15, 0.2) is 0 Å². The predicted molar refractivity (Wildman–Crippen MR) is 131 cm³/mol. The van der Waals surface area contributed by atoms with Crippen molar-refractivity contribution in [3.63, 3.8) is 0 Å². The average molecular weight is 476 g/mol. The Labute approximate surface area is 203 Å². The monoisotopic (exact) mass is 475 g/mol. The summed E-state index contributed by atoms with van der Waals surface area (Å²) in [5.41, 5.74) is 3.20. The Morgan fingerprint density at radius 1 is 1.12 bits per heavy atom. The molecule has 34 heavy (non-hydrogen) atoms. The summed E-state index contributed by atoms with van der Waals surface area (Å²) >= 11 is 0. The van der Waals surface area contributed by atoms with Crippen LogP contribution in [0.2, 0.25) is 0 Å². The molecular weight excluding hydrogens is 434 g/mol. The quantitative estimate of drug-likeness (QED) is 0.523. The van der Waals surface area contributed by atoms with Gasteiger partial charge in [-0.15, -0.1) is 0 Å². The van der Waals surface area contributed by atoms with Crippen LogP contribution in [0.5, 0.6) is 0 Å². The molecule has 190 valence electrons. The lowest BCUT2D eigenvalue weighted by atomic mass is 9.96. The normalized spacial score (nSPS) is 19.8. The highest BCUT2D eigenvalue weighted by atomic mass is 16.5. The summed E-state index contributed by atoms with van der Waals surface area (Å²) < 4.78 is 5.11. The number of esters is 1. The number of piperidine rings is 1. The van der Waals surface area contributed by atoms with Gasteiger partial charge < -0.3 is 24.8 Å². The number of likely N-dealkylation sites (N-methyl/N-ethyl adjacent to an activating group) is 1. The molecule has 0 spiro atoms. The zero-order valence-electron chi connectivity index (χ0n) is 21.2. The number of carbonyl (C=O) groups excluding carboxylic acids is 3. The minimum absolute atomic E-state index is 0.0584. The molecule has 2 aliphatic rings. The molecule has 0 unspecified atom stereocenters. The van der Waals surface area contributed by atoms with Crippen LogP contribution in [0.15, 0.2) is 0 Å². The van der Waals surface area contributed by atoms with Gasteiger partial charge in [-0.3, -0.25) is 14.5 Å². The van der Waals surface area contributed by atoms with Crippen LogP contribution in [0.4, 0.5) is 0 Å². The summed E-state index contributed by atoms with van der Waals surface area (Å²) in [6.45, 7) is 12.8. The second-order valence-electron chi connectivity index (χ2n) is 9.56. The van der Waals surface area contributed by atoms with E-state index in [4.69, 9.17) is 4.74 Å². The highest BCUT2D eigenvalue weighted by Crippen LogP contribution is 2.22. The van der Waals surface area contributed by atoms with Crippen molar-refractivity contribution in [1.29, 1.82) is 0 Å². The van der Waals surface area contributed by atoms with E-state index in [1.165, 1.54) is 0 Å². The zero-order valence-corrected chi connectivity index (χ0v) is 21.2. The van der Waals surface area contributed by atoms with E-state index < -0.39 is 0 Å². The molecule has 2 saturated heterocycles. The largest absolute Gasteiger partial charge is 0.461 e. The summed E-state index contributed by atoms with van der Waals surface area (Å²) in [7, 11) is 2.14. The van der Waals surface area contributed by atoms with E-state index in [0.717, 1.165) is 62.4 Å². The van der Waals surface area contributed by atoms with Gasteiger partial charge in [-0.25, -0.2) is 4.79 Å². The molecule has 3 rings (SSSR count). The minimum atomic E-state index is -0.363. The first-order valence-electron chi connectivity index (χ1n) is 12.6. The van der Waals surface area contributed by atoms with Gasteiger partial charge in [-0.05, 0) is 58.2 Å². The molecule has 2 N–H and O–H groups in total. The van der Waals surface area contributed by atoms with Crippen LogP contribution < -0.4 is 5.32 Å². The number of aryl methyl sites for hydroxylation is 1. The molecule has 2 amide bonds. The molecule has 9 heteroatoms. The maximum Gasteiger partial charge on any atom is 0.355 e. The topological polar surface area (TPSA) is 98.0 Å². The smallest absolute Gasteiger partial charge is 0.355 e. The Balaban J connectivity index is 1.45. The third kappa shape index (κ3) is 6.82. The Bertz CT molecular complexity index is 860. The van der Waals surface area contributed by atoms with Crippen molar-refractivity contribution in [3.8, 4) is 0 Å². The van der Waals surface area contributed by atoms with Crippen LogP contribution in [-0.2, 0) is 20.7 Å². The molecule has 0 bridgehead atoms. The third-order valence-electron chi connectivity index (χ3n) is 7.13. The zero-order chi connectivity index (χ0) is 24.7. The van der Waals surface area contributed by atoms with E-state index in [-0.39, 0.29) is 23.7 Å². The number of amides is 2. The number of piperazine rings is 1. The van der Waals surface area contributed by atoms with Crippen LogP contribution >= 0.6 is 0 Å². The minimum Gasteiger partial charge on any atom is -0.461 e. The van der Waals surface area contributed by atoms with Crippen molar-refractivity contribution in [1.82, 2.24) is 25.0 Å². The molecule has 0 radical (unpaired) electrons. The molecule has 0 saturated carbocycles. The molecule has 1 atom stereocenters. The fourth-order valence-corrected chi connectivity index (χ4v) is 4.93. The van der Waals surface area contributed by atoms with E-state index >= 15 is 0 Å². The lowest BCUT2D eigenvalue weighted by Gasteiger charge is -2.33. The first-order valence-corrected chi connectivity index (χ1v) is 12.6. The van der Waals surface area contributed by atoms with E-state index in [1.54, 1.807) is 6.92 Å². The molecule has 1 aromatic rings. The second kappa shape index (κ2) is 12.4. The summed E-state index contributed by atoms with van der Waals surface area (Å²) in [5.74, 6) is -0.384. The molecule has 1 aromatic heterocycles. The van der Waals surface area contributed by atoms with Gasteiger partial charge in [-0.1, -0.05) is 0 Å². The molecule has 2 fully saturated rings. The maximum atomic E-state index is 12.9. The summed E-state index contributed by atoms with van der Waals surface area (Å²) in [6, 6.07) is 0. The van der Waals surface area contributed by atoms with Crippen molar-refractivity contribution in [2.24, 2.45) is 5.92 Å². The number of nitrogens with one attached hydrogen (secondary N) is 2. The lowest BCUT2D eigenvalue weighted by molar-refractivity contribution is -0.135. The van der Waals surface area contributed by atoms with Crippen molar-refractivity contribution in [2.45, 2.75) is 46.5 Å². The molecule has 0 aromatic carbocycles. The number of ether oxygens (including phenoxy) is 1. The van der Waals surface area contributed by atoms with Crippen LogP contribution in [-0.4, -0.2) is 103 Å². The fourth-order valence-electron chi connectivity index (χ4n) is 4.93. The van der Waals surface area contributed by atoms with Gasteiger partial charge in [0.2, 0.25) is 11.8 Å². The number of carbonyl (C=O) groups is 3. The van der Waals surface area contributed by atoms with Gasteiger partial charge >= 0.3 is 5.97 Å². The number of aromatic amines is 1. The van der Waals surface area contributed by atoms with E-state index in [1.807, 2.05) is 18.7 Å². The maximum absolute atomic E-state index is 12.9. The summed E-state index contributed by atoms with van der Waals surface area (Å²) in [4.78, 5) is 47.4. The Morgan fingerprint density at radius 2 is 1.85 bits per heavy atom. The summed E-state index contributed by atoms with van der Waals surface area (Å²) in [5, 5.41) is 3.09. The van der Waals surface area contributed by atoms with Crippen LogP contribution in [0.1, 0.15) is 53.5 Å². The van der Waals surface area contributed by atoms with Crippen molar-refractivity contribution in [3.05, 3.63) is 22.5 Å². The Morgan fingerprint density at radius 3 is 2.56 bits per heavy atom. The number of hydrogen-bond acceptors (Lipinski definition) is 6. The SMILES string of the molecule is CCOC(=O)c1[nH]c(C)c(CCC(=O)N2CCC[C@@H](C(=O)NCCN3CCN(C)CC3)C2)c1C. The highest BCUT2D eigenvalue weighted by Gasteiger charge is 2.28. The Kier molecular flexibility index (Phi) is 9.53. The number of nitrogens with zero attached hydrogens (tertiary/aromatic N) is 3. The fraction of sp³-hybridized carbons (Fsp3) is 0.720. The van der Waals surface area contributed by atoms with Gasteiger partial charge in [0, 0.05) is 64.5 Å². The number of rotatable bonds is 9. The van der Waals surface area contributed by atoms with Crippen LogP contribution in [0, 0.1) is 19.8 Å². The standard InChI is InChI=1S/C25H41N5O4/c1-5-34-25(33)23-18(2)21(19(3)27-23)8-9-22(31)30-11-6-7-20(17-30)24(32)26-10-12-29-15-13-28(4)14-16-29/h20,27H,5-17H2,1-4H3,(H,26,32)/t20-/m1/s1. The predicted octanol–water partition coefficient (Wildman–Crippen LogP) is 1.34. The van der Waals surface area contributed by atoms with Gasteiger partial charge in [0.05, 0.1) is 12.5 Å². The third-order valence-corrected chi connectivity index (χ3v) is 7.13. The van der Waals surface area contributed by atoms with Gasteiger partial charge in [-0.2, -0.15) is 0 Å². The first kappa shape index (κ1) is 26.2. The van der Waals surface area contributed by atoms with E-state index in [0.29, 0.717) is 44.8 Å². The van der Waals surface area contributed by atoms with Gasteiger partial charge in [0.1, 0.15) is 5.69 Å². The number of aromatic nitrogens is 1. The van der Waals surface area contributed by atoms with Crippen molar-refractivity contribution >= 4 is 17.8 Å². The van der Waals surface area contributed by atoms with E-state index in [9.17, 15) is 14.4 Å². The molecule has 3 heterocycles. The first-order chi connectivity index (χ1) is 16.3. The average Bonchev–Trinajstić information content (AvgIpc) is 3.12. The highest BCUT2D eigenvalue weighted by molar-refractivity contribution is 5.90. The number of hydrogen-bond donors (Lipinski definition) is 2. The van der Waals surface area contributed by atoms with E-state index in [2.05, 4.69) is 27.1 Å². The van der Waals surface area contributed by atoms with Gasteiger partial charge in [0.25, 0.3) is 0 Å². The van der Waals surface area contributed by atoms with Crippen LogP contribution in [0.25, 0.3) is 0 Å². The van der Waals surface area contributed by atoms with Crippen molar-refractivity contribution < 1.29 is 19.1 Å².